The summed E-state index contributed by atoms with van der Waals surface area (Å²) >= 11 is 0. The van der Waals surface area contributed by atoms with Gasteiger partial charge in [-0.15, -0.1) is 0 Å². The fourth-order valence-electron chi connectivity index (χ4n) is 5.45. The standard InChI is InChI=1S/C32H39N3O8/c1-23(9-8-12-28(37)33(17-19-36)22-24-10-4-3-5-11-24)32(41)26-21-25(34-18-20-43-31(34)40)14-15-27(26)35(30(32)39)16-7-6-13-29(38)42-2/h3-5,8-11,14-15,21,23,36,41H,6-7,12-13,16-20,22H2,1-2H3/b9-8+/t23-,32+/m1/s1. The number of esters is 1. The van der Waals surface area contributed by atoms with Crippen LogP contribution in [0, 0.1) is 5.92 Å². The molecule has 0 bridgehead atoms. The van der Waals surface area contributed by atoms with E-state index >= 15 is 0 Å². The number of cyclic esters (lactones) is 1. The molecule has 11 heteroatoms. The summed E-state index contributed by atoms with van der Waals surface area (Å²) in [5.74, 6) is -1.78. The van der Waals surface area contributed by atoms with Crippen molar-refractivity contribution in [2.45, 2.75) is 44.8 Å². The van der Waals surface area contributed by atoms with E-state index in [4.69, 9.17) is 9.47 Å². The number of nitrogens with zero attached hydrogens (tertiary/aromatic N) is 3. The largest absolute Gasteiger partial charge is 0.469 e. The molecule has 2 aliphatic heterocycles. The van der Waals surface area contributed by atoms with E-state index in [9.17, 15) is 29.4 Å². The number of amides is 3. The molecule has 2 heterocycles. The Labute approximate surface area is 251 Å². The Morgan fingerprint density at radius 1 is 1.16 bits per heavy atom. The molecule has 2 atom stereocenters. The van der Waals surface area contributed by atoms with Gasteiger partial charge in [0.25, 0.3) is 5.91 Å². The average molecular weight is 594 g/mol. The summed E-state index contributed by atoms with van der Waals surface area (Å²) in [5, 5.41) is 21.5. The summed E-state index contributed by atoms with van der Waals surface area (Å²) in [4.78, 5) is 55.2. The first-order valence-corrected chi connectivity index (χ1v) is 14.5. The normalized spacial score (nSPS) is 18.6. The molecule has 1 fully saturated rings. The molecule has 0 aromatic heterocycles. The van der Waals surface area contributed by atoms with Crippen LogP contribution in [0.4, 0.5) is 16.2 Å². The monoisotopic (exact) mass is 593 g/mol. The molecule has 0 saturated carbocycles. The van der Waals surface area contributed by atoms with Crippen molar-refractivity contribution >= 4 is 35.3 Å². The maximum Gasteiger partial charge on any atom is 0.414 e. The molecule has 43 heavy (non-hydrogen) atoms. The van der Waals surface area contributed by atoms with Crippen molar-refractivity contribution in [2.24, 2.45) is 5.92 Å². The molecule has 0 spiro atoms. The van der Waals surface area contributed by atoms with Gasteiger partial charge < -0.3 is 29.5 Å². The number of carbonyl (C=O) groups excluding carboxylic acids is 4. The smallest absolute Gasteiger partial charge is 0.414 e. The molecular formula is C32H39N3O8. The van der Waals surface area contributed by atoms with E-state index in [0.29, 0.717) is 42.9 Å². The third kappa shape index (κ3) is 7.06. The Morgan fingerprint density at radius 3 is 2.60 bits per heavy atom. The maximum absolute atomic E-state index is 13.8. The van der Waals surface area contributed by atoms with Gasteiger partial charge >= 0.3 is 12.1 Å². The van der Waals surface area contributed by atoms with Gasteiger partial charge in [0.05, 0.1) is 25.9 Å². The first-order chi connectivity index (χ1) is 20.7. The lowest BCUT2D eigenvalue weighted by Crippen LogP contribution is -2.44. The van der Waals surface area contributed by atoms with Gasteiger partial charge in [0.15, 0.2) is 5.60 Å². The van der Waals surface area contributed by atoms with E-state index in [2.05, 4.69) is 0 Å². The minimum atomic E-state index is -1.95. The number of hydrogen-bond donors (Lipinski definition) is 2. The highest BCUT2D eigenvalue weighted by Gasteiger charge is 2.52. The molecule has 2 aromatic rings. The predicted octanol–water partition coefficient (Wildman–Crippen LogP) is 3.12. The zero-order valence-corrected chi connectivity index (χ0v) is 24.6. The molecule has 3 amide bonds. The van der Waals surface area contributed by atoms with Crippen molar-refractivity contribution in [2.75, 3.05) is 49.8 Å². The van der Waals surface area contributed by atoms with Crippen molar-refractivity contribution in [1.82, 2.24) is 4.90 Å². The van der Waals surface area contributed by atoms with E-state index in [1.165, 1.54) is 16.9 Å². The van der Waals surface area contributed by atoms with Crippen LogP contribution in [0.25, 0.3) is 0 Å². The summed E-state index contributed by atoms with van der Waals surface area (Å²) in [6.07, 6.45) is 4.04. The lowest BCUT2D eigenvalue weighted by molar-refractivity contribution is -0.140. The summed E-state index contributed by atoms with van der Waals surface area (Å²) in [7, 11) is 1.33. The van der Waals surface area contributed by atoms with Gasteiger partial charge in [0, 0.05) is 49.6 Å². The number of methoxy groups -OCH3 is 1. The second-order valence-corrected chi connectivity index (χ2v) is 10.7. The number of benzene rings is 2. The maximum atomic E-state index is 13.8. The van der Waals surface area contributed by atoms with Crippen molar-refractivity contribution in [3.05, 3.63) is 71.8 Å². The molecule has 2 N–H and O–H groups in total. The van der Waals surface area contributed by atoms with Crippen LogP contribution >= 0.6 is 0 Å². The Morgan fingerprint density at radius 2 is 1.93 bits per heavy atom. The third-order valence-electron chi connectivity index (χ3n) is 7.88. The molecule has 0 unspecified atom stereocenters. The lowest BCUT2D eigenvalue weighted by Gasteiger charge is -2.28. The number of ether oxygens (including phenoxy) is 2. The van der Waals surface area contributed by atoms with Crippen molar-refractivity contribution in [3.8, 4) is 0 Å². The highest BCUT2D eigenvalue weighted by molar-refractivity contribution is 6.08. The Kier molecular flexibility index (Phi) is 10.5. The zero-order valence-electron chi connectivity index (χ0n) is 24.6. The van der Waals surface area contributed by atoms with Crippen LogP contribution in [-0.2, 0) is 36.0 Å². The first-order valence-electron chi connectivity index (χ1n) is 14.5. The number of carbonyl (C=O) groups is 4. The topological polar surface area (TPSA) is 137 Å². The van der Waals surface area contributed by atoms with Gasteiger partial charge in [-0.05, 0) is 36.6 Å². The minimum absolute atomic E-state index is 0.0190. The minimum Gasteiger partial charge on any atom is -0.469 e. The molecule has 2 aromatic carbocycles. The summed E-state index contributed by atoms with van der Waals surface area (Å²) in [6.45, 7) is 2.94. The second kappa shape index (κ2) is 14.3. The van der Waals surface area contributed by atoms with Crippen LogP contribution < -0.4 is 9.80 Å². The highest BCUT2D eigenvalue weighted by atomic mass is 16.6. The number of anilines is 2. The van der Waals surface area contributed by atoms with Crippen LogP contribution in [0.5, 0.6) is 0 Å². The molecule has 0 aliphatic carbocycles. The molecular weight excluding hydrogens is 554 g/mol. The summed E-state index contributed by atoms with van der Waals surface area (Å²) in [5.41, 5.74) is 0.374. The zero-order chi connectivity index (χ0) is 31.0. The lowest BCUT2D eigenvalue weighted by atomic mass is 9.82. The molecule has 0 radical (unpaired) electrons. The van der Waals surface area contributed by atoms with Crippen LogP contribution in [0.2, 0.25) is 0 Å². The van der Waals surface area contributed by atoms with E-state index in [1.54, 1.807) is 42.2 Å². The Hall–Kier alpha value is -4.22. The molecule has 230 valence electrons. The van der Waals surface area contributed by atoms with Gasteiger partial charge in [-0.1, -0.05) is 49.4 Å². The number of hydrogen-bond acceptors (Lipinski definition) is 8. The van der Waals surface area contributed by atoms with Crippen molar-refractivity contribution in [1.29, 1.82) is 0 Å². The van der Waals surface area contributed by atoms with E-state index in [-0.39, 0.29) is 51.0 Å². The van der Waals surface area contributed by atoms with E-state index in [1.807, 2.05) is 30.3 Å². The SMILES string of the molecule is COC(=O)CCCCN1C(=O)[C@](O)([C@H](C)/C=C/CC(=O)N(CCO)Cc2ccccc2)c2cc(N3CCOC3=O)ccc21. The molecule has 2 aliphatic rings. The van der Waals surface area contributed by atoms with Crippen LogP contribution in [0.1, 0.15) is 43.7 Å². The van der Waals surface area contributed by atoms with Gasteiger partial charge in [-0.2, -0.15) is 0 Å². The van der Waals surface area contributed by atoms with Crippen LogP contribution in [-0.4, -0.2) is 78.9 Å². The number of rotatable bonds is 14. The van der Waals surface area contributed by atoms with Crippen LogP contribution in [0.3, 0.4) is 0 Å². The first kappa shape index (κ1) is 31.7. The third-order valence-corrected chi connectivity index (χ3v) is 7.88. The number of aliphatic hydroxyl groups excluding tert-OH is 1. The van der Waals surface area contributed by atoms with Gasteiger partial charge in [0.1, 0.15) is 6.61 Å². The Bertz CT molecular complexity index is 1350. The summed E-state index contributed by atoms with van der Waals surface area (Å²) < 4.78 is 9.77. The van der Waals surface area contributed by atoms with Gasteiger partial charge in [0.2, 0.25) is 5.91 Å². The molecule has 4 rings (SSSR count). The Balaban J connectivity index is 1.54. The molecule has 1 saturated heterocycles. The fourth-order valence-corrected chi connectivity index (χ4v) is 5.45. The number of aliphatic hydroxyl groups is 2. The summed E-state index contributed by atoms with van der Waals surface area (Å²) in [6, 6.07) is 14.6. The van der Waals surface area contributed by atoms with Gasteiger partial charge in [-0.3, -0.25) is 19.3 Å². The van der Waals surface area contributed by atoms with E-state index < -0.39 is 23.5 Å². The molecule has 11 nitrogen and oxygen atoms in total. The average Bonchev–Trinajstić information content (AvgIpc) is 3.54. The van der Waals surface area contributed by atoms with Gasteiger partial charge in [-0.25, -0.2) is 4.79 Å². The quantitative estimate of drug-likeness (QED) is 0.194. The van der Waals surface area contributed by atoms with E-state index in [0.717, 1.165) is 5.56 Å². The number of unbranched alkanes of at least 4 members (excludes halogenated alkanes) is 1. The predicted molar refractivity (Wildman–Crippen MR) is 159 cm³/mol. The fraction of sp³-hybridized carbons (Fsp3) is 0.438. The second-order valence-electron chi connectivity index (χ2n) is 10.7. The van der Waals surface area contributed by atoms with Crippen LogP contribution in [0.15, 0.2) is 60.7 Å². The van der Waals surface area contributed by atoms with Crippen molar-refractivity contribution in [3.63, 3.8) is 0 Å². The van der Waals surface area contributed by atoms with Crippen molar-refractivity contribution < 1.29 is 38.9 Å². The number of fused-ring (bicyclic) bond motifs is 1. The highest BCUT2D eigenvalue weighted by Crippen LogP contribution is 2.47.